The fraction of sp³-hybridized carbons (Fsp3) is 0.409. The summed E-state index contributed by atoms with van der Waals surface area (Å²) in [7, 11) is 0. The molecule has 2 rings (SSSR count). The maximum atomic E-state index is 12.1. The lowest BCUT2D eigenvalue weighted by molar-refractivity contribution is -0.149. The van der Waals surface area contributed by atoms with Gasteiger partial charge in [-0.05, 0) is 45.9 Å². The highest BCUT2D eigenvalue weighted by molar-refractivity contribution is 7.99. The van der Waals surface area contributed by atoms with Crippen molar-refractivity contribution >= 4 is 29.6 Å². The number of hydrogen-bond donors (Lipinski definition) is 1. The Morgan fingerprint density at radius 2 is 1.77 bits per heavy atom. The summed E-state index contributed by atoms with van der Waals surface area (Å²) in [5.74, 6) is -0.591. The van der Waals surface area contributed by atoms with Crippen molar-refractivity contribution in [3.05, 3.63) is 52.8 Å². The van der Waals surface area contributed by atoms with Crippen molar-refractivity contribution in [3.8, 4) is 0 Å². The van der Waals surface area contributed by atoms with Crippen LogP contribution in [0, 0.1) is 20.8 Å². The number of rotatable bonds is 10. The molecule has 0 unspecified atom stereocenters. The number of amides is 1. The number of nitrogens with one attached hydrogen (secondary N) is 1. The number of carbonyl (C=O) groups is 3. The smallest absolute Gasteiger partial charge is 0.339 e. The minimum absolute atomic E-state index is 0.0758. The van der Waals surface area contributed by atoms with Gasteiger partial charge in [0, 0.05) is 28.6 Å². The second-order valence-corrected chi connectivity index (χ2v) is 7.93. The van der Waals surface area contributed by atoms with Gasteiger partial charge in [-0.1, -0.05) is 17.7 Å². The predicted molar refractivity (Wildman–Crippen MR) is 116 cm³/mol. The lowest BCUT2D eigenvalue weighted by atomic mass is 10.2. The predicted octanol–water partition coefficient (Wildman–Crippen LogP) is 3.04. The second kappa shape index (κ2) is 11.4. The molecular formula is C22H28N2O5S. The van der Waals surface area contributed by atoms with Crippen molar-refractivity contribution in [3.63, 3.8) is 0 Å². The molecule has 1 aromatic heterocycles. The SMILES string of the molecule is CCOC(=O)c1cc(C)n(CC(=O)OCC(=O)NCCSc2ccc(C)cc2)c1C. The van der Waals surface area contributed by atoms with E-state index in [1.165, 1.54) is 5.56 Å². The van der Waals surface area contributed by atoms with Crippen LogP contribution in [0.4, 0.5) is 0 Å². The van der Waals surface area contributed by atoms with Gasteiger partial charge in [0.1, 0.15) is 6.54 Å². The van der Waals surface area contributed by atoms with E-state index in [-0.39, 0.29) is 25.7 Å². The molecule has 0 aliphatic heterocycles. The summed E-state index contributed by atoms with van der Waals surface area (Å²) in [5, 5.41) is 2.73. The Balaban J connectivity index is 1.73. The largest absolute Gasteiger partial charge is 0.462 e. The summed E-state index contributed by atoms with van der Waals surface area (Å²) in [4.78, 5) is 37.1. The maximum absolute atomic E-state index is 12.1. The Hall–Kier alpha value is -2.74. The van der Waals surface area contributed by atoms with Crippen molar-refractivity contribution in [2.24, 2.45) is 0 Å². The average molecular weight is 433 g/mol. The first kappa shape index (κ1) is 23.5. The number of ether oxygens (including phenoxy) is 2. The van der Waals surface area contributed by atoms with Crippen molar-refractivity contribution in [1.29, 1.82) is 0 Å². The van der Waals surface area contributed by atoms with E-state index in [2.05, 4.69) is 5.32 Å². The summed E-state index contributed by atoms with van der Waals surface area (Å²) in [6.45, 7) is 7.66. The van der Waals surface area contributed by atoms with Gasteiger partial charge in [-0.15, -0.1) is 11.8 Å². The highest BCUT2D eigenvalue weighted by atomic mass is 32.2. The molecule has 0 atom stereocenters. The average Bonchev–Trinajstić information content (AvgIpc) is 2.99. The van der Waals surface area contributed by atoms with Crippen LogP contribution in [0.15, 0.2) is 35.2 Å². The zero-order valence-electron chi connectivity index (χ0n) is 17.8. The molecule has 30 heavy (non-hydrogen) atoms. The van der Waals surface area contributed by atoms with E-state index in [0.717, 1.165) is 16.3 Å². The van der Waals surface area contributed by atoms with Crippen LogP contribution in [0.1, 0.15) is 34.2 Å². The standard InChI is InChI=1S/C22H28N2O5S/c1-5-28-22(27)19-12-16(3)24(17(19)4)13-21(26)29-14-20(25)23-10-11-30-18-8-6-15(2)7-9-18/h6-9,12H,5,10-11,13-14H2,1-4H3,(H,23,25). The topological polar surface area (TPSA) is 86.6 Å². The van der Waals surface area contributed by atoms with Crippen LogP contribution in [-0.2, 0) is 25.6 Å². The molecule has 1 N–H and O–H groups in total. The Morgan fingerprint density at radius 3 is 2.43 bits per heavy atom. The molecule has 1 amide bonds. The molecule has 0 saturated carbocycles. The number of hydrogen-bond acceptors (Lipinski definition) is 6. The van der Waals surface area contributed by atoms with Crippen LogP contribution in [0.3, 0.4) is 0 Å². The molecule has 162 valence electrons. The van der Waals surface area contributed by atoms with E-state index in [1.807, 2.05) is 31.2 Å². The van der Waals surface area contributed by atoms with Gasteiger partial charge in [-0.3, -0.25) is 9.59 Å². The van der Waals surface area contributed by atoms with Crippen LogP contribution >= 0.6 is 11.8 Å². The van der Waals surface area contributed by atoms with Crippen molar-refractivity contribution in [2.45, 2.75) is 39.1 Å². The molecule has 1 aromatic carbocycles. The van der Waals surface area contributed by atoms with E-state index >= 15 is 0 Å². The molecule has 0 spiro atoms. The fourth-order valence-corrected chi connectivity index (χ4v) is 3.59. The van der Waals surface area contributed by atoms with E-state index in [4.69, 9.17) is 9.47 Å². The van der Waals surface area contributed by atoms with Gasteiger partial charge in [0.05, 0.1) is 12.2 Å². The summed E-state index contributed by atoms with van der Waals surface area (Å²) < 4.78 is 11.8. The minimum atomic E-state index is -0.545. The van der Waals surface area contributed by atoms with Crippen LogP contribution in [0.2, 0.25) is 0 Å². The second-order valence-electron chi connectivity index (χ2n) is 6.76. The number of benzene rings is 1. The van der Waals surface area contributed by atoms with Crippen LogP contribution < -0.4 is 5.32 Å². The maximum Gasteiger partial charge on any atom is 0.339 e. The molecule has 0 aliphatic rings. The molecule has 0 bridgehead atoms. The first-order valence-corrected chi connectivity index (χ1v) is 10.8. The Bertz CT molecular complexity index is 890. The lowest BCUT2D eigenvalue weighted by Gasteiger charge is -2.10. The molecule has 0 aliphatic carbocycles. The zero-order chi connectivity index (χ0) is 22.1. The van der Waals surface area contributed by atoms with Crippen molar-refractivity contribution in [2.75, 3.05) is 25.5 Å². The number of esters is 2. The van der Waals surface area contributed by atoms with Crippen LogP contribution in [0.25, 0.3) is 0 Å². The number of thioether (sulfide) groups is 1. The van der Waals surface area contributed by atoms with Crippen LogP contribution in [-0.4, -0.2) is 47.9 Å². The summed E-state index contributed by atoms with van der Waals surface area (Å²) in [6.07, 6.45) is 0. The fourth-order valence-electron chi connectivity index (χ4n) is 2.83. The quantitative estimate of drug-likeness (QED) is 0.353. The summed E-state index contributed by atoms with van der Waals surface area (Å²) >= 11 is 1.64. The molecule has 7 nitrogen and oxygen atoms in total. The van der Waals surface area contributed by atoms with E-state index in [1.54, 1.807) is 43.2 Å². The zero-order valence-corrected chi connectivity index (χ0v) is 18.6. The number of nitrogens with zero attached hydrogens (tertiary/aromatic N) is 1. The molecule has 0 saturated heterocycles. The molecule has 0 fully saturated rings. The van der Waals surface area contributed by atoms with E-state index in [0.29, 0.717) is 17.8 Å². The van der Waals surface area contributed by atoms with Gasteiger partial charge in [-0.25, -0.2) is 4.79 Å². The van der Waals surface area contributed by atoms with Gasteiger partial charge in [0.25, 0.3) is 5.91 Å². The highest BCUT2D eigenvalue weighted by Gasteiger charge is 2.19. The molecule has 0 radical (unpaired) electrons. The number of aryl methyl sites for hydroxylation is 2. The number of aromatic nitrogens is 1. The Morgan fingerprint density at radius 1 is 1.07 bits per heavy atom. The number of carbonyl (C=O) groups excluding carboxylic acids is 3. The third-order valence-electron chi connectivity index (χ3n) is 4.43. The Kier molecular flexibility index (Phi) is 8.98. The van der Waals surface area contributed by atoms with Gasteiger partial charge in [-0.2, -0.15) is 0 Å². The first-order chi connectivity index (χ1) is 14.3. The van der Waals surface area contributed by atoms with Gasteiger partial charge < -0.3 is 19.4 Å². The van der Waals surface area contributed by atoms with Crippen LogP contribution in [0.5, 0.6) is 0 Å². The monoisotopic (exact) mass is 432 g/mol. The first-order valence-electron chi connectivity index (χ1n) is 9.77. The van der Waals surface area contributed by atoms with E-state index in [9.17, 15) is 14.4 Å². The van der Waals surface area contributed by atoms with Gasteiger partial charge >= 0.3 is 11.9 Å². The molecule has 2 aromatic rings. The molecular weight excluding hydrogens is 404 g/mol. The Labute approximate surface area is 181 Å². The van der Waals surface area contributed by atoms with Crippen molar-refractivity contribution < 1.29 is 23.9 Å². The summed E-state index contributed by atoms with van der Waals surface area (Å²) in [5.41, 5.74) is 2.99. The minimum Gasteiger partial charge on any atom is -0.462 e. The van der Waals surface area contributed by atoms with Crippen molar-refractivity contribution in [1.82, 2.24) is 9.88 Å². The van der Waals surface area contributed by atoms with E-state index < -0.39 is 11.9 Å². The molecule has 8 heteroatoms. The normalized spacial score (nSPS) is 10.5. The summed E-state index contributed by atoms with van der Waals surface area (Å²) in [6, 6.07) is 9.86. The third-order valence-corrected chi connectivity index (χ3v) is 5.45. The lowest BCUT2D eigenvalue weighted by Crippen LogP contribution is -2.31. The van der Waals surface area contributed by atoms with Gasteiger partial charge in [0.2, 0.25) is 0 Å². The van der Waals surface area contributed by atoms with Gasteiger partial charge in [0.15, 0.2) is 6.61 Å². The highest BCUT2D eigenvalue weighted by Crippen LogP contribution is 2.18. The molecule has 1 heterocycles. The third kappa shape index (κ3) is 6.95.